The summed E-state index contributed by atoms with van der Waals surface area (Å²) >= 11 is 2.87. The highest BCUT2D eigenvalue weighted by Gasteiger charge is 2.28. The first kappa shape index (κ1) is 18.0. The van der Waals surface area contributed by atoms with E-state index in [1.807, 2.05) is 24.3 Å². The summed E-state index contributed by atoms with van der Waals surface area (Å²) in [5, 5.41) is 25.5. The summed E-state index contributed by atoms with van der Waals surface area (Å²) in [5.41, 5.74) is 1.94. The van der Waals surface area contributed by atoms with E-state index < -0.39 is 17.4 Å². The molecule has 0 spiro atoms. The van der Waals surface area contributed by atoms with Crippen molar-refractivity contribution in [1.82, 2.24) is 10.3 Å². The van der Waals surface area contributed by atoms with Crippen molar-refractivity contribution in [3.63, 3.8) is 0 Å². The van der Waals surface area contributed by atoms with E-state index in [1.165, 1.54) is 23.1 Å². The van der Waals surface area contributed by atoms with E-state index in [2.05, 4.69) is 10.3 Å². The Bertz CT molecular complexity index is 1000. The smallest absolute Gasteiger partial charge is 0.320 e. The number of benzene rings is 2. The number of carboxylic acid groups (broad SMARTS) is 1. The van der Waals surface area contributed by atoms with Crippen LogP contribution in [0.1, 0.15) is 27.7 Å². The van der Waals surface area contributed by atoms with Gasteiger partial charge >= 0.3 is 5.97 Å². The molecule has 3 aromatic rings. The Balaban J connectivity index is 1.80. The highest BCUT2D eigenvalue weighted by Crippen LogP contribution is 2.42. The number of thioether (sulfide) groups is 1. The lowest BCUT2D eigenvalue weighted by atomic mass is 10.0. The number of nitrogens with zero attached hydrogens (tertiary/aromatic N) is 1. The van der Waals surface area contributed by atoms with Crippen LogP contribution in [0, 0.1) is 0 Å². The maximum Gasteiger partial charge on any atom is 0.320 e. The number of carbonyl (C=O) groups excluding carboxylic acids is 1. The zero-order chi connectivity index (χ0) is 19.0. The normalized spacial score (nSPS) is 19.9. The van der Waals surface area contributed by atoms with Gasteiger partial charge in [-0.15, -0.1) is 23.1 Å². The van der Waals surface area contributed by atoms with E-state index >= 15 is 0 Å². The zero-order valence-electron chi connectivity index (χ0n) is 14.0. The summed E-state index contributed by atoms with van der Waals surface area (Å²) < 4.78 is 0.959. The van der Waals surface area contributed by atoms with Crippen LogP contribution in [0.25, 0.3) is 20.8 Å². The minimum atomic E-state index is -0.939. The van der Waals surface area contributed by atoms with E-state index in [4.69, 9.17) is 0 Å². The SMILES string of the molecule is O=Cc1cc(-c2nc3ccccc3s2)c([O-])c([C@@H]2NC(C(=O)O)CCS2)c1. The molecule has 2 aromatic carbocycles. The van der Waals surface area contributed by atoms with Gasteiger partial charge in [0.25, 0.3) is 0 Å². The summed E-state index contributed by atoms with van der Waals surface area (Å²) in [6.07, 6.45) is 1.19. The molecule has 2 atom stereocenters. The number of aldehydes is 1. The highest BCUT2D eigenvalue weighted by molar-refractivity contribution is 7.99. The second kappa shape index (κ2) is 7.30. The third kappa shape index (κ3) is 3.43. The van der Waals surface area contributed by atoms with E-state index in [1.54, 1.807) is 12.1 Å². The standard InChI is InChI=1S/C19H16N2O4S2/c22-9-10-7-11(17-21-14(19(24)25)5-6-26-17)16(23)12(8-10)18-20-13-3-1-2-4-15(13)27-18/h1-4,7-9,14,17,21,23H,5-6H2,(H,24,25)/p-1/t14?,17-/m1/s1. The van der Waals surface area contributed by atoms with Crippen molar-refractivity contribution >= 4 is 45.6 Å². The van der Waals surface area contributed by atoms with Crippen LogP contribution in [0.15, 0.2) is 36.4 Å². The molecule has 1 aromatic heterocycles. The van der Waals surface area contributed by atoms with Gasteiger partial charge in [-0.1, -0.05) is 17.9 Å². The lowest BCUT2D eigenvalue weighted by molar-refractivity contribution is -0.268. The number of aliphatic carboxylic acids is 1. The van der Waals surface area contributed by atoms with Gasteiger partial charge in [0, 0.05) is 11.1 Å². The molecule has 138 valence electrons. The van der Waals surface area contributed by atoms with Gasteiger partial charge in [-0.25, -0.2) is 4.98 Å². The van der Waals surface area contributed by atoms with Crippen LogP contribution >= 0.6 is 23.1 Å². The maximum absolute atomic E-state index is 13.1. The van der Waals surface area contributed by atoms with Gasteiger partial charge < -0.3 is 10.2 Å². The van der Waals surface area contributed by atoms with Crippen LogP contribution in [0.5, 0.6) is 5.75 Å². The lowest BCUT2D eigenvalue weighted by Gasteiger charge is -2.32. The molecule has 6 nitrogen and oxygen atoms in total. The molecule has 27 heavy (non-hydrogen) atoms. The lowest BCUT2D eigenvalue weighted by Crippen LogP contribution is -2.42. The third-order valence-electron chi connectivity index (χ3n) is 4.42. The molecule has 0 aliphatic carbocycles. The molecule has 1 fully saturated rings. The number of thiazole rings is 1. The van der Waals surface area contributed by atoms with Crippen LogP contribution in [-0.4, -0.2) is 34.1 Å². The minimum absolute atomic E-state index is 0.226. The van der Waals surface area contributed by atoms with Crippen molar-refractivity contribution < 1.29 is 19.8 Å². The molecule has 0 radical (unpaired) electrons. The maximum atomic E-state index is 13.1. The second-order valence-corrected chi connectivity index (χ2v) is 8.43. The Morgan fingerprint density at radius 1 is 1.33 bits per heavy atom. The monoisotopic (exact) mass is 399 g/mol. The molecule has 4 rings (SSSR count). The van der Waals surface area contributed by atoms with Gasteiger partial charge in [-0.3, -0.25) is 14.9 Å². The fraction of sp³-hybridized carbons (Fsp3) is 0.211. The molecule has 1 aliphatic heterocycles. The summed E-state index contributed by atoms with van der Waals surface area (Å²) in [5.74, 6) is -0.544. The van der Waals surface area contributed by atoms with Crippen molar-refractivity contribution in [3.8, 4) is 16.3 Å². The summed E-state index contributed by atoms with van der Waals surface area (Å²) in [6, 6.07) is 9.99. The van der Waals surface area contributed by atoms with E-state index in [-0.39, 0.29) is 5.75 Å². The third-order valence-corrected chi connectivity index (χ3v) is 6.69. The highest BCUT2D eigenvalue weighted by atomic mass is 32.2. The van der Waals surface area contributed by atoms with Gasteiger partial charge in [0.1, 0.15) is 17.3 Å². The van der Waals surface area contributed by atoms with Crippen molar-refractivity contribution in [1.29, 1.82) is 0 Å². The van der Waals surface area contributed by atoms with Crippen molar-refractivity contribution in [2.45, 2.75) is 17.8 Å². The molecule has 2 heterocycles. The predicted molar refractivity (Wildman–Crippen MR) is 104 cm³/mol. The number of fused-ring (bicyclic) bond motifs is 1. The molecule has 2 N–H and O–H groups in total. The Hall–Kier alpha value is -2.42. The molecule has 8 heteroatoms. The Morgan fingerprint density at radius 3 is 2.89 bits per heavy atom. The molecular weight excluding hydrogens is 384 g/mol. The second-order valence-electron chi connectivity index (χ2n) is 6.19. The minimum Gasteiger partial charge on any atom is -0.872 e. The number of rotatable bonds is 4. The van der Waals surface area contributed by atoms with Gasteiger partial charge in [-0.2, -0.15) is 0 Å². The van der Waals surface area contributed by atoms with Gasteiger partial charge in [-0.05, 0) is 42.0 Å². The van der Waals surface area contributed by atoms with Crippen LogP contribution in [0.3, 0.4) is 0 Å². The predicted octanol–water partition coefficient (Wildman–Crippen LogP) is 3.03. The van der Waals surface area contributed by atoms with Crippen molar-refractivity contribution in [2.24, 2.45) is 0 Å². The van der Waals surface area contributed by atoms with E-state index in [0.717, 1.165) is 10.2 Å². The van der Waals surface area contributed by atoms with Crippen LogP contribution < -0.4 is 10.4 Å². The van der Waals surface area contributed by atoms with E-state index in [9.17, 15) is 19.8 Å². The fourth-order valence-corrected chi connectivity index (χ4v) is 5.28. The number of carbonyl (C=O) groups is 2. The fourth-order valence-electron chi connectivity index (χ4n) is 3.08. The van der Waals surface area contributed by atoms with E-state index in [0.29, 0.717) is 40.2 Å². The molecule has 0 bridgehead atoms. The zero-order valence-corrected chi connectivity index (χ0v) is 15.7. The Morgan fingerprint density at radius 2 is 2.15 bits per heavy atom. The van der Waals surface area contributed by atoms with Crippen LogP contribution in [0.4, 0.5) is 0 Å². The average molecular weight is 399 g/mol. The number of aromatic nitrogens is 1. The first-order valence-electron chi connectivity index (χ1n) is 8.33. The average Bonchev–Trinajstić information content (AvgIpc) is 3.12. The summed E-state index contributed by atoms with van der Waals surface area (Å²) in [4.78, 5) is 27.3. The van der Waals surface area contributed by atoms with Crippen molar-refractivity contribution in [2.75, 3.05) is 5.75 Å². The molecule has 0 saturated carbocycles. The van der Waals surface area contributed by atoms with Crippen LogP contribution in [0.2, 0.25) is 0 Å². The molecule has 1 unspecified atom stereocenters. The largest absolute Gasteiger partial charge is 0.872 e. The number of hydrogen-bond donors (Lipinski definition) is 2. The Labute approximate surface area is 163 Å². The topological polar surface area (TPSA) is 102 Å². The number of para-hydroxylation sites is 1. The first-order chi connectivity index (χ1) is 13.1. The van der Waals surface area contributed by atoms with Crippen molar-refractivity contribution in [3.05, 3.63) is 47.5 Å². The Kier molecular flexibility index (Phi) is 4.86. The summed E-state index contributed by atoms with van der Waals surface area (Å²) in [7, 11) is 0. The van der Waals surface area contributed by atoms with Gasteiger partial charge in [0.15, 0.2) is 0 Å². The molecule has 0 amide bonds. The first-order valence-corrected chi connectivity index (χ1v) is 10.2. The number of hydrogen-bond acceptors (Lipinski definition) is 7. The molecule has 1 aliphatic rings. The molecule has 1 saturated heterocycles. The van der Waals surface area contributed by atoms with Gasteiger partial charge in [0.05, 0.1) is 15.6 Å². The molecular formula is C19H15N2O4S2-. The quantitative estimate of drug-likeness (QED) is 0.650. The van der Waals surface area contributed by atoms with Crippen LogP contribution in [-0.2, 0) is 4.79 Å². The number of carboxylic acids is 1. The number of nitrogens with one attached hydrogen (secondary N) is 1. The summed E-state index contributed by atoms with van der Waals surface area (Å²) in [6.45, 7) is 0. The van der Waals surface area contributed by atoms with Gasteiger partial charge in [0.2, 0.25) is 0 Å².